The molecule has 7 nitrogen and oxygen atoms in total. The Kier molecular flexibility index (Phi) is 6.49. The van der Waals surface area contributed by atoms with Crippen LogP contribution in [0.2, 0.25) is 0 Å². The number of carbonyl (C=O) groups excluding carboxylic acids is 2. The number of methoxy groups -OCH3 is 1. The second-order valence-corrected chi connectivity index (χ2v) is 6.51. The minimum absolute atomic E-state index is 0.107. The summed E-state index contributed by atoms with van der Waals surface area (Å²) in [7, 11) is 1.63. The summed E-state index contributed by atoms with van der Waals surface area (Å²) < 4.78 is 16.2. The molecule has 0 unspecified atom stereocenters. The van der Waals surface area contributed by atoms with Gasteiger partial charge in [-0.25, -0.2) is 0 Å². The molecule has 0 aliphatic carbocycles. The molecule has 0 fully saturated rings. The van der Waals surface area contributed by atoms with E-state index in [0.29, 0.717) is 43.2 Å². The van der Waals surface area contributed by atoms with Gasteiger partial charge in [0.1, 0.15) is 11.5 Å². The summed E-state index contributed by atoms with van der Waals surface area (Å²) in [5.74, 6) is 1.09. The molecular formula is C21H24N2O5. The third kappa shape index (κ3) is 5.23. The van der Waals surface area contributed by atoms with E-state index < -0.39 is 6.10 Å². The van der Waals surface area contributed by atoms with Crippen molar-refractivity contribution in [1.29, 1.82) is 0 Å². The number of hydrogen-bond donors (Lipinski definition) is 2. The van der Waals surface area contributed by atoms with Gasteiger partial charge in [-0.15, -0.1) is 0 Å². The van der Waals surface area contributed by atoms with Crippen LogP contribution in [0.4, 0.5) is 11.4 Å². The van der Waals surface area contributed by atoms with Crippen LogP contribution in [-0.2, 0) is 20.9 Å². The van der Waals surface area contributed by atoms with Crippen LogP contribution in [0.5, 0.6) is 11.5 Å². The molecule has 2 aromatic carbocycles. The van der Waals surface area contributed by atoms with E-state index in [9.17, 15) is 9.59 Å². The van der Waals surface area contributed by atoms with Gasteiger partial charge in [-0.3, -0.25) is 9.59 Å². The predicted octanol–water partition coefficient (Wildman–Crippen LogP) is 3.35. The van der Waals surface area contributed by atoms with Crippen LogP contribution in [0.25, 0.3) is 0 Å². The van der Waals surface area contributed by atoms with Crippen molar-refractivity contribution >= 4 is 23.2 Å². The average molecular weight is 384 g/mol. The highest BCUT2D eigenvalue weighted by Gasteiger charge is 2.23. The third-order valence-electron chi connectivity index (χ3n) is 4.31. The Hall–Kier alpha value is -3.06. The maximum atomic E-state index is 12.1. The normalized spacial score (nSPS) is 15.2. The van der Waals surface area contributed by atoms with E-state index in [1.54, 1.807) is 32.2 Å². The first-order valence-electron chi connectivity index (χ1n) is 9.17. The highest BCUT2D eigenvalue weighted by atomic mass is 16.5. The zero-order valence-electron chi connectivity index (χ0n) is 16.0. The van der Waals surface area contributed by atoms with Gasteiger partial charge in [0.2, 0.25) is 5.91 Å². The Bertz CT molecular complexity index is 835. The summed E-state index contributed by atoms with van der Waals surface area (Å²) in [6.07, 6.45) is 0.440. The number of anilines is 2. The van der Waals surface area contributed by atoms with E-state index in [4.69, 9.17) is 14.2 Å². The molecule has 2 amide bonds. The first kappa shape index (κ1) is 19.7. The van der Waals surface area contributed by atoms with Crippen LogP contribution in [0.3, 0.4) is 0 Å². The van der Waals surface area contributed by atoms with Gasteiger partial charge in [-0.1, -0.05) is 12.1 Å². The van der Waals surface area contributed by atoms with Gasteiger partial charge in [0.05, 0.1) is 19.4 Å². The van der Waals surface area contributed by atoms with Crippen molar-refractivity contribution in [3.8, 4) is 11.5 Å². The van der Waals surface area contributed by atoms with Crippen molar-refractivity contribution in [1.82, 2.24) is 0 Å². The number of hydrogen-bond acceptors (Lipinski definition) is 5. The van der Waals surface area contributed by atoms with Gasteiger partial charge in [-0.05, 0) is 49.2 Å². The molecule has 1 aliphatic heterocycles. The Morgan fingerprint density at radius 1 is 1.21 bits per heavy atom. The van der Waals surface area contributed by atoms with E-state index in [2.05, 4.69) is 10.6 Å². The highest BCUT2D eigenvalue weighted by Crippen LogP contribution is 2.32. The maximum absolute atomic E-state index is 12.1. The molecule has 0 spiro atoms. The van der Waals surface area contributed by atoms with Gasteiger partial charge in [0.25, 0.3) is 5.91 Å². The molecule has 28 heavy (non-hydrogen) atoms. The molecule has 0 aromatic heterocycles. The van der Waals surface area contributed by atoms with Crippen LogP contribution in [-0.4, -0.2) is 31.6 Å². The van der Waals surface area contributed by atoms with Crippen molar-refractivity contribution in [2.45, 2.75) is 32.5 Å². The van der Waals surface area contributed by atoms with Gasteiger partial charge in [-0.2, -0.15) is 0 Å². The largest absolute Gasteiger partial charge is 0.497 e. The molecule has 3 rings (SSSR count). The molecule has 0 radical (unpaired) electrons. The van der Waals surface area contributed by atoms with Gasteiger partial charge in [0.15, 0.2) is 6.10 Å². The van der Waals surface area contributed by atoms with E-state index in [1.807, 2.05) is 24.3 Å². The molecule has 1 atom stereocenters. The first-order chi connectivity index (χ1) is 13.5. The van der Waals surface area contributed by atoms with Crippen LogP contribution < -0.4 is 20.1 Å². The van der Waals surface area contributed by atoms with Crippen LogP contribution in [0.1, 0.15) is 25.3 Å². The number of amides is 2. The van der Waals surface area contributed by atoms with Crippen LogP contribution in [0.15, 0.2) is 42.5 Å². The lowest BCUT2D eigenvalue weighted by molar-refractivity contribution is -0.122. The maximum Gasteiger partial charge on any atom is 0.265 e. The summed E-state index contributed by atoms with van der Waals surface area (Å²) >= 11 is 0. The Balaban J connectivity index is 1.38. The summed E-state index contributed by atoms with van der Waals surface area (Å²) in [6.45, 7) is 2.67. The summed E-state index contributed by atoms with van der Waals surface area (Å²) in [5, 5.41) is 5.59. The number of rotatable bonds is 8. The fourth-order valence-corrected chi connectivity index (χ4v) is 2.76. The Labute approximate surface area is 164 Å². The molecular weight excluding hydrogens is 360 g/mol. The zero-order valence-corrected chi connectivity index (χ0v) is 16.0. The lowest BCUT2D eigenvalue weighted by Crippen LogP contribution is -2.34. The summed E-state index contributed by atoms with van der Waals surface area (Å²) in [5.41, 5.74) is 2.22. The average Bonchev–Trinajstić information content (AvgIpc) is 2.69. The monoisotopic (exact) mass is 384 g/mol. The Morgan fingerprint density at radius 2 is 2.00 bits per heavy atom. The highest BCUT2D eigenvalue weighted by molar-refractivity contribution is 5.99. The lowest BCUT2D eigenvalue weighted by Gasteiger charge is -2.23. The molecule has 7 heteroatoms. The van der Waals surface area contributed by atoms with E-state index in [0.717, 1.165) is 11.3 Å². The molecule has 0 saturated heterocycles. The zero-order chi connectivity index (χ0) is 19.9. The SMILES string of the molecule is COc1ccc(COCCCC(=O)Nc2ccc3c(c2)NC(=O)[C@@H](C)O3)cc1. The number of ether oxygens (including phenoxy) is 3. The molecule has 0 bridgehead atoms. The topological polar surface area (TPSA) is 85.9 Å². The van der Waals surface area contributed by atoms with E-state index in [1.165, 1.54) is 0 Å². The summed E-state index contributed by atoms with van der Waals surface area (Å²) in [6, 6.07) is 12.9. The predicted molar refractivity (Wildman–Crippen MR) is 106 cm³/mol. The molecule has 2 aromatic rings. The molecule has 1 aliphatic rings. The second-order valence-electron chi connectivity index (χ2n) is 6.51. The van der Waals surface area contributed by atoms with Crippen molar-refractivity contribution in [2.75, 3.05) is 24.4 Å². The van der Waals surface area contributed by atoms with Gasteiger partial charge >= 0.3 is 0 Å². The quantitative estimate of drug-likeness (QED) is 0.682. The Morgan fingerprint density at radius 3 is 2.75 bits per heavy atom. The van der Waals surface area contributed by atoms with E-state index >= 15 is 0 Å². The van der Waals surface area contributed by atoms with Crippen molar-refractivity contribution in [2.24, 2.45) is 0 Å². The van der Waals surface area contributed by atoms with Gasteiger partial charge < -0.3 is 24.8 Å². The third-order valence-corrected chi connectivity index (χ3v) is 4.31. The molecule has 1 heterocycles. The van der Waals surface area contributed by atoms with Gasteiger partial charge in [0, 0.05) is 18.7 Å². The van der Waals surface area contributed by atoms with Crippen molar-refractivity contribution < 1.29 is 23.8 Å². The number of nitrogens with one attached hydrogen (secondary N) is 2. The number of benzene rings is 2. The van der Waals surface area contributed by atoms with Crippen molar-refractivity contribution in [3.05, 3.63) is 48.0 Å². The minimum atomic E-state index is -0.522. The van der Waals surface area contributed by atoms with Crippen LogP contribution >= 0.6 is 0 Å². The minimum Gasteiger partial charge on any atom is -0.497 e. The standard InChI is InChI=1S/C21H24N2O5/c1-14-21(25)23-18-12-16(7-10-19(18)28-14)22-20(24)4-3-11-27-13-15-5-8-17(26-2)9-6-15/h5-10,12,14H,3-4,11,13H2,1-2H3,(H,22,24)(H,23,25)/t14-/m1/s1. The molecule has 0 saturated carbocycles. The molecule has 148 valence electrons. The van der Waals surface area contributed by atoms with Crippen molar-refractivity contribution in [3.63, 3.8) is 0 Å². The molecule has 2 N–H and O–H groups in total. The lowest BCUT2D eigenvalue weighted by atomic mass is 10.2. The first-order valence-corrected chi connectivity index (χ1v) is 9.17. The summed E-state index contributed by atoms with van der Waals surface area (Å²) in [4.78, 5) is 23.8. The number of carbonyl (C=O) groups is 2. The second kappa shape index (κ2) is 9.23. The smallest absolute Gasteiger partial charge is 0.265 e. The number of fused-ring (bicyclic) bond motifs is 1. The fourth-order valence-electron chi connectivity index (χ4n) is 2.76. The van der Waals surface area contributed by atoms with E-state index in [-0.39, 0.29) is 11.8 Å². The fraction of sp³-hybridized carbons (Fsp3) is 0.333. The van der Waals surface area contributed by atoms with Crippen LogP contribution in [0, 0.1) is 0 Å².